The number of carbonyl (C=O) groups excluding carboxylic acids is 1. The average Bonchev–Trinajstić information content (AvgIpc) is 2.91. The Morgan fingerprint density at radius 1 is 1.20 bits per heavy atom. The molecule has 0 bridgehead atoms. The molecule has 0 radical (unpaired) electrons. The number of hydrogen-bond acceptors (Lipinski definition) is 4. The molecule has 6 nitrogen and oxygen atoms in total. The van der Waals surface area contributed by atoms with E-state index in [1.165, 1.54) is 12.8 Å². The van der Waals surface area contributed by atoms with Crippen LogP contribution in [0.25, 0.3) is 0 Å². The van der Waals surface area contributed by atoms with E-state index in [1.807, 2.05) is 0 Å². The first-order valence-corrected chi connectivity index (χ1v) is 7.41. The highest BCUT2D eigenvalue weighted by Crippen LogP contribution is 2.21. The van der Waals surface area contributed by atoms with Crippen LogP contribution in [-0.2, 0) is 14.3 Å². The van der Waals surface area contributed by atoms with Gasteiger partial charge in [-0.25, -0.2) is 4.79 Å². The van der Waals surface area contributed by atoms with Gasteiger partial charge in [0.25, 0.3) is 0 Å². The van der Waals surface area contributed by atoms with Crippen LogP contribution in [0.2, 0.25) is 0 Å². The number of nitrogens with one attached hydrogen (secondary N) is 1. The third kappa shape index (κ3) is 4.18. The Morgan fingerprint density at radius 3 is 2.45 bits per heavy atom. The smallest absolute Gasteiger partial charge is 0.332 e. The minimum Gasteiger partial charge on any atom is -0.479 e. The fourth-order valence-electron chi connectivity index (χ4n) is 2.88. The summed E-state index contributed by atoms with van der Waals surface area (Å²) >= 11 is 0. The molecule has 20 heavy (non-hydrogen) atoms. The lowest BCUT2D eigenvalue weighted by Gasteiger charge is -2.28. The van der Waals surface area contributed by atoms with Gasteiger partial charge in [-0.15, -0.1) is 0 Å². The molecular weight excluding hydrogens is 260 g/mol. The molecule has 2 atom stereocenters. The number of hydrogen-bond donors (Lipinski definition) is 2. The van der Waals surface area contributed by atoms with Crippen molar-refractivity contribution in [3.8, 4) is 0 Å². The summed E-state index contributed by atoms with van der Waals surface area (Å²) in [6.45, 7) is 2.92. The van der Waals surface area contributed by atoms with Crippen LogP contribution in [-0.4, -0.2) is 60.8 Å². The molecule has 0 aromatic carbocycles. The zero-order chi connectivity index (χ0) is 14.5. The van der Waals surface area contributed by atoms with Gasteiger partial charge in [-0.3, -0.25) is 4.79 Å². The Morgan fingerprint density at radius 2 is 1.85 bits per heavy atom. The van der Waals surface area contributed by atoms with Crippen molar-refractivity contribution in [3.63, 3.8) is 0 Å². The largest absolute Gasteiger partial charge is 0.479 e. The number of likely N-dealkylation sites (tertiary alicyclic amines) is 1. The van der Waals surface area contributed by atoms with Gasteiger partial charge in [0, 0.05) is 6.54 Å². The van der Waals surface area contributed by atoms with Crippen molar-refractivity contribution in [2.24, 2.45) is 5.92 Å². The molecule has 2 heterocycles. The molecule has 2 aliphatic heterocycles. The maximum Gasteiger partial charge on any atom is 0.332 e. The van der Waals surface area contributed by atoms with E-state index in [2.05, 4.69) is 17.3 Å². The number of ether oxygens (including phenoxy) is 1. The molecular formula is C14H24N2O4. The molecule has 114 valence electrons. The number of piperidine rings is 1. The monoisotopic (exact) mass is 284 g/mol. The molecule has 2 aliphatic rings. The maximum atomic E-state index is 11.9. The first-order chi connectivity index (χ1) is 9.56. The summed E-state index contributed by atoms with van der Waals surface area (Å²) in [7, 11) is 2.13. The number of carboxylic acid groups (broad SMARTS) is 1. The van der Waals surface area contributed by atoms with Gasteiger partial charge >= 0.3 is 5.97 Å². The predicted molar refractivity (Wildman–Crippen MR) is 73.4 cm³/mol. The molecule has 2 fully saturated rings. The lowest BCUT2D eigenvalue weighted by molar-refractivity contribution is -0.151. The minimum absolute atomic E-state index is 0.165. The van der Waals surface area contributed by atoms with Crippen molar-refractivity contribution >= 4 is 11.9 Å². The van der Waals surface area contributed by atoms with E-state index in [4.69, 9.17) is 9.84 Å². The molecule has 0 aromatic rings. The fraction of sp³-hybridized carbons (Fsp3) is 0.857. The van der Waals surface area contributed by atoms with Gasteiger partial charge in [-0.05, 0) is 58.2 Å². The van der Waals surface area contributed by atoms with E-state index < -0.39 is 18.2 Å². The SMILES string of the molecule is CN1CCC(CCNC(=O)C2CCC(C(=O)O)O2)CC1. The molecule has 1 amide bonds. The second-order valence-electron chi connectivity index (χ2n) is 5.86. The summed E-state index contributed by atoms with van der Waals surface area (Å²) in [6.07, 6.45) is 2.88. The highest BCUT2D eigenvalue weighted by atomic mass is 16.5. The summed E-state index contributed by atoms with van der Waals surface area (Å²) < 4.78 is 5.22. The third-order valence-corrected chi connectivity index (χ3v) is 4.28. The van der Waals surface area contributed by atoms with E-state index in [0.29, 0.717) is 25.3 Å². The average molecular weight is 284 g/mol. The van der Waals surface area contributed by atoms with Crippen molar-refractivity contribution in [2.75, 3.05) is 26.7 Å². The van der Waals surface area contributed by atoms with Crippen molar-refractivity contribution in [1.82, 2.24) is 10.2 Å². The number of carbonyl (C=O) groups is 2. The van der Waals surface area contributed by atoms with Gasteiger partial charge in [0.1, 0.15) is 6.10 Å². The Hall–Kier alpha value is -1.14. The summed E-state index contributed by atoms with van der Waals surface area (Å²) in [5, 5.41) is 11.7. The van der Waals surface area contributed by atoms with Crippen LogP contribution in [0, 0.1) is 5.92 Å². The van der Waals surface area contributed by atoms with Gasteiger partial charge in [-0.2, -0.15) is 0 Å². The molecule has 2 N–H and O–H groups in total. The lowest BCUT2D eigenvalue weighted by Crippen LogP contribution is -2.37. The Kier molecular flexibility index (Phi) is 5.37. The molecule has 6 heteroatoms. The molecule has 0 aromatic heterocycles. The topological polar surface area (TPSA) is 78.9 Å². The zero-order valence-corrected chi connectivity index (χ0v) is 12.0. The first-order valence-electron chi connectivity index (χ1n) is 7.41. The Labute approximate surface area is 119 Å². The number of aliphatic carboxylic acids is 1. The van der Waals surface area contributed by atoms with Crippen molar-refractivity contribution < 1.29 is 19.4 Å². The van der Waals surface area contributed by atoms with Crippen LogP contribution in [0.15, 0.2) is 0 Å². The van der Waals surface area contributed by atoms with Gasteiger partial charge in [-0.1, -0.05) is 0 Å². The van der Waals surface area contributed by atoms with Crippen molar-refractivity contribution in [2.45, 2.75) is 44.3 Å². The van der Waals surface area contributed by atoms with Crippen LogP contribution >= 0.6 is 0 Å². The van der Waals surface area contributed by atoms with E-state index >= 15 is 0 Å². The van der Waals surface area contributed by atoms with E-state index in [0.717, 1.165) is 19.5 Å². The fourth-order valence-corrected chi connectivity index (χ4v) is 2.88. The van der Waals surface area contributed by atoms with E-state index in [1.54, 1.807) is 0 Å². The lowest BCUT2D eigenvalue weighted by atomic mass is 9.94. The summed E-state index contributed by atoms with van der Waals surface area (Å²) in [6, 6.07) is 0. The minimum atomic E-state index is -0.980. The quantitative estimate of drug-likeness (QED) is 0.767. The standard InChI is InChI=1S/C14H24N2O4/c1-16-8-5-10(6-9-16)4-7-15-13(17)11-2-3-12(20-11)14(18)19/h10-12H,2-9H2,1H3,(H,15,17)(H,18,19). The highest BCUT2D eigenvalue weighted by Gasteiger charge is 2.34. The summed E-state index contributed by atoms with van der Waals surface area (Å²) in [4.78, 5) is 25.0. The van der Waals surface area contributed by atoms with Crippen LogP contribution in [0.3, 0.4) is 0 Å². The van der Waals surface area contributed by atoms with Crippen molar-refractivity contribution in [3.05, 3.63) is 0 Å². The number of amides is 1. The molecule has 0 saturated carbocycles. The van der Waals surface area contributed by atoms with E-state index in [9.17, 15) is 9.59 Å². The first kappa shape index (κ1) is 15.3. The number of nitrogens with zero attached hydrogens (tertiary/aromatic N) is 1. The van der Waals surface area contributed by atoms with Gasteiger partial charge in [0.2, 0.25) is 5.91 Å². The molecule has 2 rings (SSSR count). The summed E-state index contributed by atoms with van der Waals surface area (Å²) in [5.74, 6) is -0.462. The second kappa shape index (κ2) is 7.04. The van der Waals surface area contributed by atoms with Gasteiger partial charge < -0.3 is 20.1 Å². The normalized spacial score (nSPS) is 28.4. The van der Waals surface area contributed by atoms with E-state index in [-0.39, 0.29) is 5.91 Å². The predicted octanol–water partition coefficient (Wildman–Crippen LogP) is 0.467. The van der Waals surface area contributed by atoms with Crippen LogP contribution < -0.4 is 5.32 Å². The maximum absolute atomic E-state index is 11.9. The van der Waals surface area contributed by atoms with Crippen LogP contribution in [0.1, 0.15) is 32.1 Å². The van der Waals surface area contributed by atoms with Gasteiger partial charge in [0.15, 0.2) is 6.10 Å². The molecule has 2 unspecified atom stereocenters. The second-order valence-corrected chi connectivity index (χ2v) is 5.86. The Bertz CT molecular complexity index is 353. The van der Waals surface area contributed by atoms with Gasteiger partial charge in [0.05, 0.1) is 0 Å². The van der Waals surface area contributed by atoms with Crippen LogP contribution in [0.5, 0.6) is 0 Å². The molecule has 0 spiro atoms. The van der Waals surface area contributed by atoms with Crippen LogP contribution in [0.4, 0.5) is 0 Å². The Balaban J connectivity index is 1.62. The summed E-state index contributed by atoms with van der Waals surface area (Å²) in [5.41, 5.74) is 0. The van der Waals surface area contributed by atoms with Crippen molar-refractivity contribution in [1.29, 1.82) is 0 Å². The highest BCUT2D eigenvalue weighted by molar-refractivity contribution is 5.82. The molecule has 2 saturated heterocycles. The number of rotatable bonds is 5. The zero-order valence-electron chi connectivity index (χ0n) is 12.0. The molecule has 0 aliphatic carbocycles. The number of carboxylic acids is 1. The third-order valence-electron chi connectivity index (χ3n) is 4.28.